The van der Waals surface area contributed by atoms with Crippen LogP contribution in [0.25, 0.3) is 0 Å². The molecule has 1 aromatic rings. The van der Waals surface area contributed by atoms with E-state index in [1.807, 2.05) is 11.0 Å². The third-order valence-corrected chi connectivity index (χ3v) is 3.94. The number of nitrogens with one attached hydrogen (secondary N) is 2. The van der Waals surface area contributed by atoms with Gasteiger partial charge >= 0.3 is 6.03 Å². The molecule has 0 saturated carbocycles. The van der Waals surface area contributed by atoms with Crippen molar-refractivity contribution in [2.24, 2.45) is 0 Å². The third kappa shape index (κ3) is 3.97. The van der Waals surface area contributed by atoms with Gasteiger partial charge in [-0.15, -0.1) is 0 Å². The van der Waals surface area contributed by atoms with Gasteiger partial charge in [-0.05, 0) is 37.4 Å². The first-order chi connectivity index (χ1) is 10.3. The number of nitrogens with zero attached hydrogens (tertiary/aromatic N) is 1. The Kier molecular flexibility index (Phi) is 6.05. The smallest absolute Gasteiger partial charge is 0.321 e. The van der Waals surface area contributed by atoms with Crippen molar-refractivity contribution in [2.75, 3.05) is 24.5 Å². The molecule has 0 aromatic heterocycles. The number of anilines is 1. The first-order valence-electron chi connectivity index (χ1n) is 8.15. The van der Waals surface area contributed by atoms with Crippen molar-refractivity contribution in [3.8, 4) is 0 Å². The summed E-state index contributed by atoms with van der Waals surface area (Å²) in [6, 6.07) is 8.64. The maximum absolute atomic E-state index is 12.4. The van der Waals surface area contributed by atoms with Crippen LogP contribution in [0.5, 0.6) is 0 Å². The summed E-state index contributed by atoms with van der Waals surface area (Å²) in [5, 5.41) is 6.60. The van der Waals surface area contributed by atoms with Crippen LogP contribution in [-0.2, 0) is 0 Å². The van der Waals surface area contributed by atoms with E-state index >= 15 is 0 Å². The average Bonchev–Trinajstić information content (AvgIpc) is 2.52. The van der Waals surface area contributed by atoms with Crippen molar-refractivity contribution >= 4 is 11.7 Å². The largest absolute Gasteiger partial charge is 0.338 e. The minimum Gasteiger partial charge on any atom is -0.338 e. The topological polar surface area (TPSA) is 44.4 Å². The summed E-state index contributed by atoms with van der Waals surface area (Å²) in [4.78, 5) is 14.2. The molecule has 2 N–H and O–H groups in total. The molecule has 0 spiro atoms. The van der Waals surface area contributed by atoms with Crippen LogP contribution in [0.3, 0.4) is 0 Å². The summed E-state index contributed by atoms with van der Waals surface area (Å²) in [7, 11) is 0. The number of hydrogen-bond donors (Lipinski definition) is 2. The number of rotatable bonds is 6. The Morgan fingerprint density at radius 3 is 2.81 bits per heavy atom. The van der Waals surface area contributed by atoms with Gasteiger partial charge in [0.1, 0.15) is 0 Å². The van der Waals surface area contributed by atoms with E-state index < -0.39 is 0 Å². The Balaban J connectivity index is 2.09. The Hall–Kier alpha value is -1.55. The third-order valence-electron chi connectivity index (χ3n) is 3.94. The predicted octanol–water partition coefficient (Wildman–Crippen LogP) is 3.45. The Morgan fingerprint density at radius 2 is 2.05 bits per heavy atom. The van der Waals surface area contributed by atoms with Gasteiger partial charge in [0.2, 0.25) is 0 Å². The van der Waals surface area contributed by atoms with E-state index in [4.69, 9.17) is 0 Å². The summed E-state index contributed by atoms with van der Waals surface area (Å²) < 4.78 is 0. The second-order valence-corrected chi connectivity index (χ2v) is 5.59. The number of carbonyl (C=O) groups excluding carboxylic acids is 1. The van der Waals surface area contributed by atoms with Crippen LogP contribution in [0.15, 0.2) is 24.3 Å². The van der Waals surface area contributed by atoms with Crippen LogP contribution in [0.1, 0.15) is 51.1 Å². The highest BCUT2D eigenvalue weighted by Gasteiger charge is 2.27. The number of amides is 2. The zero-order valence-corrected chi connectivity index (χ0v) is 13.2. The van der Waals surface area contributed by atoms with Gasteiger partial charge in [-0.2, -0.15) is 0 Å². The van der Waals surface area contributed by atoms with Crippen LogP contribution in [-0.4, -0.2) is 25.7 Å². The molecular formula is C17H27N3O. The number of hydrogen-bond acceptors (Lipinski definition) is 2. The van der Waals surface area contributed by atoms with Gasteiger partial charge < -0.3 is 10.6 Å². The van der Waals surface area contributed by atoms with E-state index in [0.717, 1.165) is 51.0 Å². The van der Waals surface area contributed by atoms with Crippen molar-refractivity contribution in [3.63, 3.8) is 0 Å². The van der Waals surface area contributed by atoms with Crippen molar-refractivity contribution in [3.05, 3.63) is 29.8 Å². The first-order valence-corrected chi connectivity index (χ1v) is 8.15. The second-order valence-electron chi connectivity index (χ2n) is 5.59. The van der Waals surface area contributed by atoms with Gasteiger partial charge in [0, 0.05) is 19.1 Å². The van der Waals surface area contributed by atoms with E-state index in [0.29, 0.717) is 6.04 Å². The van der Waals surface area contributed by atoms with Crippen molar-refractivity contribution in [1.82, 2.24) is 10.6 Å². The van der Waals surface area contributed by atoms with Gasteiger partial charge in [-0.1, -0.05) is 38.5 Å². The molecule has 0 fully saturated rings. The van der Waals surface area contributed by atoms with Gasteiger partial charge in [-0.3, -0.25) is 4.90 Å². The number of unbranched alkanes of at least 4 members (excludes halogenated alkanes) is 1. The molecule has 1 unspecified atom stereocenters. The summed E-state index contributed by atoms with van der Waals surface area (Å²) in [6.45, 7) is 6.85. The molecule has 2 amide bonds. The molecule has 1 aliphatic rings. The summed E-state index contributed by atoms with van der Waals surface area (Å²) in [5.74, 6) is 0. The fourth-order valence-electron chi connectivity index (χ4n) is 2.77. The van der Waals surface area contributed by atoms with E-state index in [9.17, 15) is 4.79 Å². The summed E-state index contributed by atoms with van der Waals surface area (Å²) >= 11 is 0. The quantitative estimate of drug-likeness (QED) is 0.788. The highest BCUT2D eigenvalue weighted by Crippen LogP contribution is 2.33. The highest BCUT2D eigenvalue weighted by atomic mass is 16.2. The fraction of sp³-hybridized carbons (Fsp3) is 0.588. The summed E-state index contributed by atoms with van der Waals surface area (Å²) in [5.41, 5.74) is 2.29. The maximum atomic E-state index is 12.4. The molecule has 0 bridgehead atoms. The molecule has 0 aliphatic carbocycles. The molecule has 1 heterocycles. The number of urea groups is 1. The maximum Gasteiger partial charge on any atom is 0.321 e. The minimum absolute atomic E-state index is 0.0323. The number of para-hydroxylation sites is 1. The molecule has 1 aliphatic heterocycles. The van der Waals surface area contributed by atoms with Crippen LogP contribution < -0.4 is 15.5 Å². The minimum atomic E-state index is 0.0323. The van der Waals surface area contributed by atoms with Crippen LogP contribution in [0.4, 0.5) is 10.5 Å². The number of benzene rings is 1. The number of fused-ring (bicyclic) bond motifs is 1. The normalized spacial score (nSPS) is 17.4. The molecule has 1 aromatic carbocycles. The lowest BCUT2D eigenvalue weighted by molar-refractivity contribution is 0.245. The van der Waals surface area contributed by atoms with E-state index in [-0.39, 0.29) is 6.03 Å². The van der Waals surface area contributed by atoms with Gasteiger partial charge in [0.25, 0.3) is 0 Å². The standard InChI is InChI=1S/C17H27N3O/c1-3-5-12-19-17(21)20-13-10-15(18-11-4-2)14-8-6-7-9-16(14)20/h6-9,15,18H,3-5,10-13H2,1-2H3,(H,19,21). The zero-order valence-electron chi connectivity index (χ0n) is 13.2. The predicted molar refractivity (Wildman–Crippen MR) is 87.7 cm³/mol. The average molecular weight is 289 g/mol. The Labute approximate surface area is 127 Å². The fourth-order valence-corrected chi connectivity index (χ4v) is 2.77. The molecule has 0 saturated heterocycles. The Morgan fingerprint density at radius 1 is 1.24 bits per heavy atom. The lowest BCUT2D eigenvalue weighted by atomic mass is 9.96. The van der Waals surface area contributed by atoms with Crippen molar-refractivity contribution in [2.45, 2.75) is 45.6 Å². The first kappa shape index (κ1) is 15.8. The second kappa shape index (κ2) is 8.03. The monoisotopic (exact) mass is 289 g/mol. The van der Waals surface area contributed by atoms with Crippen LogP contribution in [0, 0.1) is 0 Å². The molecule has 21 heavy (non-hydrogen) atoms. The SMILES string of the molecule is CCCCNC(=O)N1CCC(NCCC)c2ccccc21. The Bertz CT molecular complexity index is 461. The van der Waals surface area contributed by atoms with E-state index in [1.54, 1.807) is 0 Å². The molecule has 1 atom stereocenters. The van der Waals surface area contributed by atoms with E-state index in [1.165, 1.54) is 5.56 Å². The van der Waals surface area contributed by atoms with Gasteiger partial charge in [-0.25, -0.2) is 4.79 Å². The molecule has 4 heteroatoms. The molecular weight excluding hydrogens is 262 g/mol. The lowest BCUT2D eigenvalue weighted by Gasteiger charge is -2.34. The van der Waals surface area contributed by atoms with Gasteiger partial charge in [0.05, 0.1) is 5.69 Å². The van der Waals surface area contributed by atoms with Crippen LogP contribution in [0.2, 0.25) is 0 Å². The highest BCUT2D eigenvalue weighted by molar-refractivity contribution is 5.93. The molecule has 2 rings (SSSR count). The van der Waals surface area contributed by atoms with Crippen molar-refractivity contribution < 1.29 is 4.79 Å². The lowest BCUT2D eigenvalue weighted by Crippen LogP contribution is -2.45. The molecule has 4 nitrogen and oxygen atoms in total. The molecule has 0 radical (unpaired) electrons. The van der Waals surface area contributed by atoms with Crippen molar-refractivity contribution in [1.29, 1.82) is 0 Å². The summed E-state index contributed by atoms with van der Waals surface area (Å²) in [6.07, 6.45) is 4.22. The number of carbonyl (C=O) groups is 1. The molecule has 116 valence electrons. The van der Waals surface area contributed by atoms with Gasteiger partial charge in [0.15, 0.2) is 0 Å². The van der Waals surface area contributed by atoms with E-state index in [2.05, 4.69) is 42.7 Å². The zero-order chi connectivity index (χ0) is 15.1. The van der Waals surface area contributed by atoms with Crippen LogP contribution >= 0.6 is 0 Å².